The molecule has 1 unspecified atom stereocenters. The summed E-state index contributed by atoms with van der Waals surface area (Å²) in [6.07, 6.45) is 0. The van der Waals surface area contributed by atoms with E-state index in [2.05, 4.69) is 27.9 Å². The Hall–Kier alpha value is -0.490. The van der Waals surface area contributed by atoms with Gasteiger partial charge in [-0.2, -0.15) is 0 Å². The molecule has 1 atom stereocenters. The quantitative estimate of drug-likeness (QED) is 0.586. The molecule has 0 heterocycles. The zero-order valence-corrected chi connectivity index (χ0v) is 9.58. The van der Waals surface area contributed by atoms with Gasteiger partial charge in [-0.15, -0.1) is 0 Å². The molecule has 0 amide bonds. The van der Waals surface area contributed by atoms with Crippen molar-refractivity contribution in [3.8, 4) is 0 Å². The lowest BCUT2D eigenvalue weighted by molar-refractivity contribution is 0.281. The van der Waals surface area contributed by atoms with E-state index in [-0.39, 0.29) is 12.6 Å². The number of hydrogen-bond donors (Lipinski definition) is 3. The molecule has 72 valence electrons. The monoisotopic (exact) mass is 292 g/mol. The molecule has 0 saturated heterocycles. The number of nitrogens with two attached hydrogens (primary N) is 1. The third kappa shape index (κ3) is 3.04. The maximum absolute atomic E-state index is 8.85. The van der Waals surface area contributed by atoms with Gasteiger partial charge < -0.3 is 16.2 Å². The Morgan fingerprint density at radius 1 is 1.62 bits per heavy atom. The maximum atomic E-state index is 8.85. The highest BCUT2D eigenvalue weighted by molar-refractivity contribution is 14.1. The van der Waals surface area contributed by atoms with Crippen molar-refractivity contribution in [2.45, 2.75) is 13.0 Å². The van der Waals surface area contributed by atoms with Gasteiger partial charge in [-0.25, -0.2) is 0 Å². The number of halogens is 1. The summed E-state index contributed by atoms with van der Waals surface area (Å²) in [7, 11) is 0. The van der Waals surface area contributed by atoms with Crippen LogP contribution in [0.2, 0.25) is 0 Å². The lowest BCUT2D eigenvalue weighted by Gasteiger charge is -2.13. The van der Waals surface area contributed by atoms with Gasteiger partial charge in [0.25, 0.3) is 0 Å². The van der Waals surface area contributed by atoms with Crippen LogP contribution in [0.25, 0.3) is 0 Å². The lowest BCUT2D eigenvalue weighted by Crippen LogP contribution is -2.19. The van der Waals surface area contributed by atoms with Crippen molar-refractivity contribution in [2.75, 3.05) is 17.7 Å². The second-order valence-electron chi connectivity index (χ2n) is 2.97. The Bertz CT molecular complexity index is 291. The SMILES string of the molecule is CC(CO)Nc1ccc(N)cc1I. The minimum absolute atomic E-state index is 0.0668. The Labute approximate surface area is 91.5 Å². The van der Waals surface area contributed by atoms with E-state index in [0.29, 0.717) is 0 Å². The molecule has 1 rings (SSSR count). The zero-order chi connectivity index (χ0) is 9.84. The summed E-state index contributed by atoms with van der Waals surface area (Å²) in [4.78, 5) is 0. The van der Waals surface area contributed by atoms with Gasteiger partial charge in [0.05, 0.1) is 6.61 Å². The molecule has 0 radical (unpaired) electrons. The molecule has 0 saturated carbocycles. The van der Waals surface area contributed by atoms with Crippen LogP contribution in [0.1, 0.15) is 6.92 Å². The highest BCUT2D eigenvalue weighted by Crippen LogP contribution is 2.21. The van der Waals surface area contributed by atoms with E-state index < -0.39 is 0 Å². The molecule has 0 aliphatic rings. The van der Waals surface area contributed by atoms with Crippen LogP contribution in [0.15, 0.2) is 18.2 Å². The number of rotatable bonds is 3. The summed E-state index contributed by atoms with van der Waals surface area (Å²) in [5.74, 6) is 0. The first-order valence-corrected chi connectivity index (χ1v) is 5.13. The standard InChI is InChI=1S/C9H13IN2O/c1-6(5-13)12-9-3-2-7(11)4-8(9)10/h2-4,6,12-13H,5,11H2,1H3. The Morgan fingerprint density at radius 2 is 2.31 bits per heavy atom. The van der Waals surface area contributed by atoms with Crippen molar-refractivity contribution in [3.63, 3.8) is 0 Å². The number of nitrogens with one attached hydrogen (secondary N) is 1. The molecule has 3 nitrogen and oxygen atoms in total. The van der Waals surface area contributed by atoms with Gasteiger partial charge in [0.1, 0.15) is 0 Å². The smallest absolute Gasteiger partial charge is 0.0630 e. The fourth-order valence-corrected chi connectivity index (χ4v) is 1.65. The topological polar surface area (TPSA) is 58.3 Å². The van der Waals surface area contributed by atoms with Gasteiger partial charge in [-0.3, -0.25) is 0 Å². The summed E-state index contributed by atoms with van der Waals surface area (Å²) in [6, 6.07) is 5.72. The Balaban J connectivity index is 2.77. The zero-order valence-electron chi connectivity index (χ0n) is 7.42. The molecule has 1 aromatic rings. The van der Waals surface area contributed by atoms with Crippen LogP contribution in [0, 0.1) is 3.57 Å². The van der Waals surface area contributed by atoms with Crippen molar-refractivity contribution in [1.82, 2.24) is 0 Å². The van der Waals surface area contributed by atoms with E-state index in [1.165, 1.54) is 0 Å². The molecular formula is C9H13IN2O. The first kappa shape index (κ1) is 10.6. The van der Waals surface area contributed by atoms with Gasteiger partial charge in [-0.1, -0.05) is 0 Å². The van der Waals surface area contributed by atoms with E-state index in [1.54, 1.807) is 0 Å². The fourth-order valence-electron chi connectivity index (χ4n) is 0.960. The first-order chi connectivity index (χ1) is 6.13. The van der Waals surface area contributed by atoms with E-state index in [4.69, 9.17) is 10.8 Å². The number of aliphatic hydroxyl groups is 1. The normalized spacial score (nSPS) is 12.5. The molecule has 0 spiro atoms. The predicted octanol–water partition coefficient (Wildman–Crippen LogP) is 1.67. The summed E-state index contributed by atoms with van der Waals surface area (Å²) >= 11 is 2.21. The molecule has 4 heteroatoms. The van der Waals surface area contributed by atoms with E-state index in [0.717, 1.165) is 14.9 Å². The molecule has 13 heavy (non-hydrogen) atoms. The van der Waals surface area contributed by atoms with Crippen LogP contribution in [0.4, 0.5) is 11.4 Å². The van der Waals surface area contributed by atoms with Crippen LogP contribution < -0.4 is 11.1 Å². The molecule has 0 aliphatic carbocycles. The third-order valence-corrected chi connectivity index (χ3v) is 2.56. The Morgan fingerprint density at radius 3 is 2.85 bits per heavy atom. The van der Waals surface area contributed by atoms with E-state index >= 15 is 0 Å². The number of hydrogen-bond acceptors (Lipinski definition) is 3. The number of benzene rings is 1. The third-order valence-electron chi connectivity index (χ3n) is 1.67. The first-order valence-electron chi connectivity index (χ1n) is 4.06. The number of aliphatic hydroxyl groups excluding tert-OH is 1. The second-order valence-corrected chi connectivity index (χ2v) is 4.13. The maximum Gasteiger partial charge on any atom is 0.0630 e. The van der Waals surface area contributed by atoms with Crippen LogP contribution in [-0.2, 0) is 0 Å². The van der Waals surface area contributed by atoms with E-state index in [1.807, 2.05) is 25.1 Å². The van der Waals surface area contributed by atoms with Gasteiger partial charge in [-0.05, 0) is 47.7 Å². The second kappa shape index (κ2) is 4.66. The largest absolute Gasteiger partial charge is 0.399 e. The summed E-state index contributed by atoms with van der Waals surface area (Å²) in [5, 5.41) is 12.0. The van der Waals surface area contributed by atoms with Crippen LogP contribution in [0.5, 0.6) is 0 Å². The molecule has 0 aromatic heterocycles. The minimum Gasteiger partial charge on any atom is -0.399 e. The van der Waals surface area contributed by atoms with Crippen molar-refractivity contribution in [2.24, 2.45) is 0 Å². The highest BCUT2D eigenvalue weighted by Gasteiger charge is 2.03. The highest BCUT2D eigenvalue weighted by atomic mass is 127. The molecular weight excluding hydrogens is 279 g/mol. The summed E-state index contributed by atoms with van der Waals surface area (Å²) in [5.41, 5.74) is 7.38. The molecule has 0 bridgehead atoms. The van der Waals surface area contributed by atoms with E-state index in [9.17, 15) is 0 Å². The molecule has 0 fully saturated rings. The fraction of sp³-hybridized carbons (Fsp3) is 0.333. The van der Waals surface area contributed by atoms with Crippen molar-refractivity contribution in [1.29, 1.82) is 0 Å². The summed E-state index contributed by atoms with van der Waals surface area (Å²) < 4.78 is 1.07. The number of nitrogen functional groups attached to an aromatic ring is 1. The molecule has 1 aromatic carbocycles. The van der Waals surface area contributed by atoms with Crippen molar-refractivity contribution in [3.05, 3.63) is 21.8 Å². The van der Waals surface area contributed by atoms with Gasteiger partial charge in [0.15, 0.2) is 0 Å². The lowest BCUT2D eigenvalue weighted by atomic mass is 10.2. The van der Waals surface area contributed by atoms with Crippen LogP contribution in [-0.4, -0.2) is 17.8 Å². The van der Waals surface area contributed by atoms with Gasteiger partial charge in [0.2, 0.25) is 0 Å². The average molecular weight is 292 g/mol. The molecule has 0 aliphatic heterocycles. The summed E-state index contributed by atoms with van der Waals surface area (Å²) in [6.45, 7) is 2.05. The van der Waals surface area contributed by atoms with Gasteiger partial charge >= 0.3 is 0 Å². The van der Waals surface area contributed by atoms with Crippen LogP contribution >= 0.6 is 22.6 Å². The number of anilines is 2. The average Bonchev–Trinajstić information content (AvgIpc) is 2.09. The minimum atomic E-state index is 0.0668. The van der Waals surface area contributed by atoms with Crippen molar-refractivity contribution >= 4 is 34.0 Å². The van der Waals surface area contributed by atoms with Crippen LogP contribution in [0.3, 0.4) is 0 Å². The predicted molar refractivity (Wildman–Crippen MR) is 63.7 cm³/mol. The molecule has 4 N–H and O–H groups in total. The van der Waals surface area contributed by atoms with Crippen molar-refractivity contribution < 1.29 is 5.11 Å². The Kier molecular flexibility index (Phi) is 3.80. The van der Waals surface area contributed by atoms with Gasteiger partial charge in [0, 0.05) is 21.0 Å².